The Morgan fingerprint density at radius 1 is 1.11 bits per heavy atom. The number of pyridine rings is 1. The van der Waals surface area contributed by atoms with Crippen LogP contribution in [0.3, 0.4) is 0 Å². The van der Waals surface area contributed by atoms with Crippen molar-refractivity contribution < 1.29 is 0 Å². The molecule has 4 nitrogen and oxygen atoms in total. The summed E-state index contributed by atoms with van der Waals surface area (Å²) in [6.07, 6.45) is 0. The first-order valence-electron chi connectivity index (χ1n) is 6.26. The number of aromatic nitrogens is 3. The smallest absolute Gasteiger partial charge is 0.166 e. The van der Waals surface area contributed by atoms with Gasteiger partial charge in [0.25, 0.3) is 0 Å². The molecule has 3 aromatic rings. The molecule has 1 N–H and O–H groups in total. The van der Waals surface area contributed by atoms with Crippen LogP contribution in [0.5, 0.6) is 0 Å². The molecule has 0 aliphatic heterocycles. The fraction of sp³-hybridized carbons (Fsp3) is 0.214. The molecular weight excluding hydrogens is 256 g/mol. The highest BCUT2D eigenvalue weighted by Crippen LogP contribution is 2.23. The van der Waals surface area contributed by atoms with Crippen molar-refractivity contribution in [3.63, 3.8) is 0 Å². The lowest BCUT2D eigenvalue weighted by atomic mass is 10.2. The average molecular weight is 270 g/mol. The van der Waals surface area contributed by atoms with Crippen LogP contribution in [0.2, 0.25) is 0 Å². The van der Waals surface area contributed by atoms with Crippen LogP contribution < -0.4 is 5.32 Å². The molecule has 96 valence electrons. The molecule has 0 radical (unpaired) electrons. The maximum atomic E-state index is 4.63. The number of nitrogens with one attached hydrogen (secondary N) is 1. The Labute approximate surface area is 115 Å². The maximum Gasteiger partial charge on any atom is 0.166 e. The van der Waals surface area contributed by atoms with Crippen molar-refractivity contribution in [2.45, 2.75) is 13.5 Å². The second-order valence-corrected chi connectivity index (χ2v) is 5.23. The van der Waals surface area contributed by atoms with E-state index in [0.717, 1.165) is 39.7 Å². The summed E-state index contributed by atoms with van der Waals surface area (Å²) >= 11 is 1.59. The average Bonchev–Trinajstić information content (AvgIpc) is 2.93. The summed E-state index contributed by atoms with van der Waals surface area (Å²) in [5.74, 6) is 0. The first-order chi connectivity index (χ1) is 9.36. The predicted octanol–water partition coefficient (Wildman–Crippen LogP) is 2.86. The van der Waals surface area contributed by atoms with Gasteiger partial charge in [-0.25, -0.2) is 4.98 Å². The van der Waals surface area contributed by atoms with Crippen molar-refractivity contribution in [2.24, 2.45) is 0 Å². The zero-order valence-corrected chi connectivity index (χ0v) is 11.4. The molecule has 1 aromatic carbocycles. The summed E-state index contributed by atoms with van der Waals surface area (Å²) in [5.41, 5.74) is 1.88. The molecule has 0 atom stereocenters. The Morgan fingerprint density at radius 2 is 2.00 bits per heavy atom. The standard InChI is InChI=1S/C14H14N4S/c1-2-15-9-13-17-18-14(19-13)12-8-7-10-5-3-4-6-11(10)16-12/h3-8,15H,2,9H2,1H3. The predicted molar refractivity (Wildman–Crippen MR) is 78.0 cm³/mol. The number of para-hydroxylation sites is 1. The Hall–Kier alpha value is -1.85. The van der Waals surface area contributed by atoms with E-state index in [1.54, 1.807) is 11.3 Å². The molecule has 0 saturated carbocycles. The Morgan fingerprint density at radius 3 is 2.89 bits per heavy atom. The van der Waals surface area contributed by atoms with Gasteiger partial charge in [-0.3, -0.25) is 0 Å². The Kier molecular flexibility index (Phi) is 3.48. The normalized spacial score (nSPS) is 11.0. The lowest BCUT2D eigenvalue weighted by Gasteiger charge is -1.98. The lowest BCUT2D eigenvalue weighted by molar-refractivity contribution is 0.715. The van der Waals surface area contributed by atoms with E-state index in [0.29, 0.717) is 0 Å². The summed E-state index contributed by atoms with van der Waals surface area (Å²) in [4.78, 5) is 4.63. The SMILES string of the molecule is CCNCc1nnc(-c2ccc3ccccc3n2)s1. The number of benzene rings is 1. The molecule has 0 bridgehead atoms. The van der Waals surface area contributed by atoms with Gasteiger partial charge in [-0.1, -0.05) is 42.5 Å². The fourth-order valence-electron chi connectivity index (χ4n) is 1.85. The van der Waals surface area contributed by atoms with E-state index in [1.807, 2.05) is 24.3 Å². The molecule has 0 aliphatic rings. The molecule has 2 aromatic heterocycles. The van der Waals surface area contributed by atoms with E-state index >= 15 is 0 Å². The second-order valence-electron chi connectivity index (χ2n) is 4.17. The van der Waals surface area contributed by atoms with Crippen LogP contribution >= 0.6 is 11.3 Å². The minimum atomic E-state index is 0.766. The van der Waals surface area contributed by atoms with E-state index in [2.05, 4.69) is 39.6 Å². The number of nitrogens with zero attached hydrogens (tertiary/aromatic N) is 3. The van der Waals surface area contributed by atoms with Crippen LogP contribution in [-0.4, -0.2) is 21.7 Å². The lowest BCUT2D eigenvalue weighted by Crippen LogP contribution is -2.11. The minimum Gasteiger partial charge on any atom is -0.311 e. The zero-order chi connectivity index (χ0) is 13.1. The number of hydrogen-bond acceptors (Lipinski definition) is 5. The van der Waals surface area contributed by atoms with E-state index in [-0.39, 0.29) is 0 Å². The number of hydrogen-bond donors (Lipinski definition) is 1. The highest BCUT2D eigenvalue weighted by molar-refractivity contribution is 7.14. The van der Waals surface area contributed by atoms with Crippen molar-refractivity contribution in [1.82, 2.24) is 20.5 Å². The first kappa shape index (κ1) is 12.2. The summed E-state index contributed by atoms with van der Waals surface area (Å²) < 4.78 is 0. The van der Waals surface area contributed by atoms with Crippen molar-refractivity contribution in [2.75, 3.05) is 6.54 Å². The number of rotatable bonds is 4. The summed E-state index contributed by atoms with van der Waals surface area (Å²) in [6, 6.07) is 12.2. The first-order valence-corrected chi connectivity index (χ1v) is 7.07. The monoisotopic (exact) mass is 270 g/mol. The molecule has 0 aliphatic carbocycles. The molecule has 0 unspecified atom stereocenters. The molecule has 0 amide bonds. The van der Waals surface area contributed by atoms with E-state index in [1.165, 1.54) is 0 Å². The van der Waals surface area contributed by atoms with E-state index < -0.39 is 0 Å². The maximum absolute atomic E-state index is 4.63. The van der Waals surface area contributed by atoms with Gasteiger partial charge in [0.05, 0.1) is 5.52 Å². The van der Waals surface area contributed by atoms with Gasteiger partial charge in [-0.15, -0.1) is 10.2 Å². The van der Waals surface area contributed by atoms with Crippen molar-refractivity contribution in [3.8, 4) is 10.7 Å². The summed E-state index contributed by atoms with van der Waals surface area (Å²) in [5, 5.41) is 14.6. The van der Waals surface area contributed by atoms with Crippen LogP contribution in [0.15, 0.2) is 36.4 Å². The van der Waals surface area contributed by atoms with Crippen molar-refractivity contribution in [3.05, 3.63) is 41.4 Å². The van der Waals surface area contributed by atoms with Crippen LogP contribution in [0, 0.1) is 0 Å². The second kappa shape index (κ2) is 5.42. The van der Waals surface area contributed by atoms with E-state index in [4.69, 9.17) is 0 Å². The van der Waals surface area contributed by atoms with Crippen LogP contribution in [-0.2, 0) is 6.54 Å². The highest BCUT2D eigenvalue weighted by Gasteiger charge is 2.08. The zero-order valence-electron chi connectivity index (χ0n) is 10.6. The topological polar surface area (TPSA) is 50.7 Å². The largest absolute Gasteiger partial charge is 0.311 e. The molecule has 0 fully saturated rings. The van der Waals surface area contributed by atoms with Crippen molar-refractivity contribution >= 4 is 22.2 Å². The van der Waals surface area contributed by atoms with E-state index in [9.17, 15) is 0 Å². The van der Waals surface area contributed by atoms with Gasteiger partial charge in [0, 0.05) is 11.9 Å². The Balaban J connectivity index is 1.92. The number of fused-ring (bicyclic) bond motifs is 1. The highest BCUT2D eigenvalue weighted by atomic mass is 32.1. The summed E-state index contributed by atoms with van der Waals surface area (Å²) in [6.45, 7) is 3.78. The van der Waals surface area contributed by atoms with Crippen LogP contribution in [0.1, 0.15) is 11.9 Å². The van der Waals surface area contributed by atoms with Gasteiger partial charge in [-0.2, -0.15) is 0 Å². The van der Waals surface area contributed by atoms with Gasteiger partial charge in [0.2, 0.25) is 0 Å². The molecule has 3 rings (SSSR count). The molecular formula is C14H14N4S. The van der Waals surface area contributed by atoms with Gasteiger partial charge in [0.15, 0.2) is 5.01 Å². The van der Waals surface area contributed by atoms with Crippen LogP contribution in [0.25, 0.3) is 21.6 Å². The van der Waals surface area contributed by atoms with Gasteiger partial charge in [0.1, 0.15) is 10.7 Å². The Bertz CT molecular complexity index is 692. The fourth-order valence-corrected chi connectivity index (χ4v) is 2.62. The molecule has 5 heteroatoms. The third-order valence-electron chi connectivity index (χ3n) is 2.81. The van der Waals surface area contributed by atoms with Crippen LogP contribution in [0.4, 0.5) is 0 Å². The molecule has 0 spiro atoms. The molecule has 19 heavy (non-hydrogen) atoms. The summed E-state index contributed by atoms with van der Waals surface area (Å²) in [7, 11) is 0. The molecule has 2 heterocycles. The van der Waals surface area contributed by atoms with Gasteiger partial charge < -0.3 is 5.32 Å². The molecule has 0 saturated heterocycles. The minimum absolute atomic E-state index is 0.766. The third kappa shape index (κ3) is 2.62. The van der Waals surface area contributed by atoms with Crippen molar-refractivity contribution in [1.29, 1.82) is 0 Å². The van der Waals surface area contributed by atoms with Gasteiger partial charge >= 0.3 is 0 Å². The van der Waals surface area contributed by atoms with Gasteiger partial charge in [-0.05, 0) is 18.7 Å². The quantitative estimate of drug-likeness (QED) is 0.792. The third-order valence-corrected chi connectivity index (χ3v) is 3.76.